The average molecular weight is 403 g/mol. The number of hydrogen-bond acceptors (Lipinski definition) is 5. The van der Waals surface area contributed by atoms with Gasteiger partial charge < -0.3 is 4.74 Å². The van der Waals surface area contributed by atoms with Crippen molar-refractivity contribution in [1.82, 2.24) is 9.21 Å². The van der Waals surface area contributed by atoms with Gasteiger partial charge in [0.15, 0.2) is 0 Å². The molecule has 0 amide bonds. The Balaban J connectivity index is 1.42. The van der Waals surface area contributed by atoms with E-state index in [4.69, 9.17) is 4.74 Å². The van der Waals surface area contributed by atoms with Gasteiger partial charge in [-0.05, 0) is 46.7 Å². The number of nitrogens with zero attached hydrogens (tertiary/aromatic N) is 2. The molecule has 1 saturated heterocycles. The van der Waals surface area contributed by atoms with E-state index in [9.17, 15) is 8.42 Å². The van der Waals surface area contributed by atoms with E-state index in [1.165, 1.54) is 15.6 Å². The fourth-order valence-corrected chi connectivity index (χ4v) is 5.80. The zero-order valence-electron chi connectivity index (χ0n) is 15.2. The average Bonchev–Trinajstić information content (AvgIpc) is 3.11. The van der Waals surface area contributed by atoms with Crippen molar-refractivity contribution < 1.29 is 13.2 Å². The Kier molecular flexibility index (Phi) is 5.19. The highest BCUT2D eigenvalue weighted by molar-refractivity contribution is 7.89. The van der Waals surface area contributed by atoms with Crippen molar-refractivity contribution in [3.63, 3.8) is 0 Å². The van der Waals surface area contributed by atoms with Crippen molar-refractivity contribution >= 4 is 31.4 Å². The van der Waals surface area contributed by atoms with Gasteiger partial charge >= 0.3 is 0 Å². The number of fused-ring (bicyclic) bond motifs is 1. The van der Waals surface area contributed by atoms with Crippen LogP contribution in [0.1, 0.15) is 5.56 Å². The molecular weight excluding hydrogens is 380 g/mol. The Morgan fingerprint density at radius 3 is 2.41 bits per heavy atom. The van der Waals surface area contributed by atoms with Crippen LogP contribution in [0.25, 0.3) is 10.1 Å². The quantitative estimate of drug-likeness (QED) is 0.656. The molecule has 0 N–H and O–H groups in total. The Labute approximate surface area is 163 Å². The van der Waals surface area contributed by atoms with Crippen LogP contribution in [0, 0.1) is 0 Å². The summed E-state index contributed by atoms with van der Waals surface area (Å²) >= 11 is 1.76. The van der Waals surface area contributed by atoms with Crippen LogP contribution in [0.5, 0.6) is 5.75 Å². The van der Waals surface area contributed by atoms with Crippen molar-refractivity contribution in [3.8, 4) is 5.75 Å². The first-order valence-corrected chi connectivity index (χ1v) is 11.2. The zero-order valence-corrected chi connectivity index (χ0v) is 16.8. The van der Waals surface area contributed by atoms with Crippen LogP contribution in [0.2, 0.25) is 0 Å². The van der Waals surface area contributed by atoms with Gasteiger partial charge in [-0.3, -0.25) is 4.90 Å². The maximum Gasteiger partial charge on any atom is 0.243 e. The second-order valence-electron chi connectivity index (χ2n) is 6.61. The minimum atomic E-state index is -3.45. The molecule has 7 heteroatoms. The summed E-state index contributed by atoms with van der Waals surface area (Å²) in [5.74, 6) is 0.654. The molecule has 0 aliphatic carbocycles. The fraction of sp³-hybridized carbons (Fsp3) is 0.300. The van der Waals surface area contributed by atoms with Gasteiger partial charge in [-0.1, -0.05) is 18.2 Å². The summed E-state index contributed by atoms with van der Waals surface area (Å²) in [5.41, 5.74) is 1.32. The number of thiophene rings is 1. The molecule has 0 bridgehead atoms. The smallest absolute Gasteiger partial charge is 0.243 e. The van der Waals surface area contributed by atoms with E-state index in [0.29, 0.717) is 23.7 Å². The predicted octanol–water partition coefficient (Wildman–Crippen LogP) is 3.42. The lowest BCUT2D eigenvalue weighted by Gasteiger charge is -2.33. The number of hydrogen-bond donors (Lipinski definition) is 0. The Morgan fingerprint density at radius 2 is 1.70 bits per heavy atom. The topological polar surface area (TPSA) is 49.9 Å². The molecule has 1 fully saturated rings. The van der Waals surface area contributed by atoms with Crippen LogP contribution in [-0.2, 0) is 16.6 Å². The van der Waals surface area contributed by atoms with E-state index in [-0.39, 0.29) is 0 Å². The standard InChI is InChI=1S/C20H22N2O3S2/c1-25-17-6-8-18(9-7-17)27(23,24)22-12-10-21(11-13-22)14-16-15-26-20-5-3-2-4-19(16)20/h2-9,15H,10-14H2,1H3. The first-order chi connectivity index (χ1) is 13.1. The predicted molar refractivity (Wildman–Crippen MR) is 109 cm³/mol. The normalized spacial score (nSPS) is 16.6. The molecule has 0 unspecified atom stereocenters. The molecule has 2 aromatic carbocycles. The van der Waals surface area contributed by atoms with Gasteiger partial charge in [0.2, 0.25) is 10.0 Å². The highest BCUT2D eigenvalue weighted by Crippen LogP contribution is 2.27. The van der Waals surface area contributed by atoms with Crippen molar-refractivity contribution in [2.24, 2.45) is 0 Å². The Morgan fingerprint density at radius 1 is 1.00 bits per heavy atom. The molecule has 5 nitrogen and oxygen atoms in total. The maximum absolute atomic E-state index is 12.9. The van der Waals surface area contributed by atoms with Crippen LogP contribution >= 0.6 is 11.3 Å². The molecule has 0 atom stereocenters. The highest BCUT2D eigenvalue weighted by Gasteiger charge is 2.28. The van der Waals surface area contributed by atoms with E-state index < -0.39 is 10.0 Å². The Hall–Kier alpha value is -1.93. The van der Waals surface area contributed by atoms with Gasteiger partial charge in [0, 0.05) is 37.4 Å². The molecule has 0 saturated carbocycles. The third-order valence-electron chi connectivity index (χ3n) is 4.98. The lowest BCUT2D eigenvalue weighted by molar-refractivity contribution is 0.182. The molecule has 1 aliphatic rings. The SMILES string of the molecule is COc1ccc(S(=O)(=O)N2CCN(Cc3csc4ccccc34)CC2)cc1. The van der Waals surface area contributed by atoms with E-state index in [0.717, 1.165) is 19.6 Å². The number of piperazine rings is 1. The monoisotopic (exact) mass is 402 g/mol. The summed E-state index contributed by atoms with van der Waals surface area (Å²) in [7, 11) is -1.89. The van der Waals surface area contributed by atoms with E-state index in [2.05, 4.69) is 34.5 Å². The molecule has 2 heterocycles. The van der Waals surface area contributed by atoms with Gasteiger partial charge in [-0.25, -0.2) is 8.42 Å². The minimum absolute atomic E-state index is 0.320. The van der Waals surface area contributed by atoms with Crippen LogP contribution in [-0.4, -0.2) is 50.9 Å². The van der Waals surface area contributed by atoms with Gasteiger partial charge in [-0.15, -0.1) is 11.3 Å². The van der Waals surface area contributed by atoms with Crippen molar-refractivity contribution in [2.45, 2.75) is 11.4 Å². The Bertz CT molecular complexity index is 1020. The largest absolute Gasteiger partial charge is 0.497 e. The maximum atomic E-state index is 12.9. The number of methoxy groups -OCH3 is 1. The second kappa shape index (κ2) is 7.59. The van der Waals surface area contributed by atoms with Crippen LogP contribution in [0.4, 0.5) is 0 Å². The highest BCUT2D eigenvalue weighted by atomic mass is 32.2. The minimum Gasteiger partial charge on any atom is -0.497 e. The van der Waals surface area contributed by atoms with E-state index in [1.54, 1.807) is 47.0 Å². The summed E-state index contributed by atoms with van der Waals surface area (Å²) in [5, 5.41) is 3.52. The van der Waals surface area contributed by atoms with Crippen molar-refractivity contribution in [3.05, 3.63) is 59.5 Å². The fourth-order valence-electron chi connectivity index (χ4n) is 3.42. The molecule has 1 aliphatic heterocycles. The molecule has 142 valence electrons. The molecule has 3 aromatic rings. The van der Waals surface area contributed by atoms with E-state index in [1.807, 2.05) is 0 Å². The van der Waals surface area contributed by atoms with Gasteiger partial charge in [0.05, 0.1) is 12.0 Å². The van der Waals surface area contributed by atoms with Crippen LogP contribution in [0.3, 0.4) is 0 Å². The zero-order chi connectivity index (χ0) is 18.9. The van der Waals surface area contributed by atoms with Gasteiger partial charge in [-0.2, -0.15) is 4.31 Å². The summed E-state index contributed by atoms with van der Waals surface area (Å²) in [6.07, 6.45) is 0. The molecule has 1 aromatic heterocycles. The van der Waals surface area contributed by atoms with Crippen LogP contribution < -0.4 is 4.74 Å². The lowest BCUT2D eigenvalue weighted by atomic mass is 10.1. The first-order valence-electron chi connectivity index (χ1n) is 8.89. The third-order valence-corrected chi connectivity index (χ3v) is 7.91. The van der Waals surface area contributed by atoms with Gasteiger partial charge in [0.1, 0.15) is 5.75 Å². The molecule has 4 rings (SSSR count). The lowest BCUT2D eigenvalue weighted by Crippen LogP contribution is -2.48. The summed E-state index contributed by atoms with van der Waals surface area (Å²) in [6.45, 7) is 3.35. The number of sulfonamides is 1. The molecular formula is C20H22N2O3S2. The van der Waals surface area contributed by atoms with E-state index >= 15 is 0 Å². The van der Waals surface area contributed by atoms with Crippen molar-refractivity contribution in [1.29, 1.82) is 0 Å². The second-order valence-corrected chi connectivity index (χ2v) is 9.46. The first kappa shape index (κ1) is 18.4. The third kappa shape index (κ3) is 3.73. The van der Waals surface area contributed by atoms with Crippen molar-refractivity contribution in [2.75, 3.05) is 33.3 Å². The van der Waals surface area contributed by atoms with Crippen LogP contribution in [0.15, 0.2) is 58.8 Å². The number of rotatable bonds is 5. The number of ether oxygens (including phenoxy) is 1. The molecule has 27 heavy (non-hydrogen) atoms. The molecule has 0 spiro atoms. The van der Waals surface area contributed by atoms with Gasteiger partial charge in [0.25, 0.3) is 0 Å². The summed E-state index contributed by atoms with van der Waals surface area (Å²) < 4.78 is 33.7. The number of benzene rings is 2. The molecule has 0 radical (unpaired) electrons. The summed E-state index contributed by atoms with van der Waals surface area (Å²) in [4.78, 5) is 2.65. The summed E-state index contributed by atoms with van der Waals surface area (Å²) in [6, 6.07) is 15.0.